The number of furan rings is 1. The summed E-state index contributed by atoms with van der Waals surface area (Å²) >= 11 is 0. The third-order valence-corrected chi connectivity index (χ3v) is 9.40. The number of para-hydroxylation sites is 1. The molecule has 0 fully saturated rings. The molecular formula is C43H31N3O. The monoisotopic (exact) mass is 605 g/mol. The summed E-state index contributed by atoms with van der Waals surface area (Å²) in [6, 6.07) is 37.9. The first-order chi connectivity index (χ1) is 23.3. The Morgan fingerprint density at radius 3 is 2.13 bits per heavy atom. The van der Waals surface area contributed by atoms with Gasteiger partial charge in [0.05, 0.1) is 0 Å². The molecule has 0 bridgehead atoms. The SMILES string of the molecule is C1=CCC(C2C=C(c3nc(-c4ccccc4)nc(-c4ccc5cc(-c6cccc7oc8ccccc8c67)ccc5c4)n3)C=CC2)C=C1. The van der Waals surface area contributed by atoms with Crippen molar-refractivity contribution in [2.75, 3.05) is 0 Å². The van der Waals surface area contributed by atoms with Crippen molar-refractivity contribution in [1.82, 2.24) is 15.0 Å². The molecule has 2 aromatic heterocycles. The van der Waals surface area contributed by atoms with Gasteiger partial charge in [-0.2, -0.15) is 0 Å². The third-order valence-electron chi connectivity index (χ3n) is 9.40. The van der Waals surface area contributed by atoms with E-state index in [4.69, 9.17) is 19.4 Å². The fourth-order valence-electron chi connectivity index (χ4n) is 6.99. The van der Waals surface area contributed by atoms with Crippen LogP contribution >= 0.6 is 0 Å². The van der Waals surface area contributed by atoms with Gasteiger partial charge in [0.2, 0.25) is 0 Å². The molecular weight excluding hydrogens is 574 g/mol. The van der Waals surface area contributed by atoms with Crippen molar-refractivity contribution in [3.8, 4) is 33.9 Å². The Morgan fingerprint density at radius 1 is 0.553 bits per heavy atom. The first-order valence-corrected chi connectivity index (χ1v) is 16.3. The maximum Gasteiger partial charge on any atom is 0.164 e. The molecule has 7 aromatic rings. The van der Waals surface area contributed by atoms with Crippen LogP contribution in [0, 0.1) is 11.8 Å². The van der Waals surface area contributed by atoms with E-state index in [9.17, 15) is 0 Å². The van der Waals surface area contributed by atoms with E-state index >= 15 is 0 Å². The van der Waals surface area contributed by atoms with Crippen LogP contribution in [0.5, 0.6) is 0 Å². The Bertz CT molecular complexity index is 2430. The van der Waals surface area contributed by atoms with E-state index < -0.39 is 0 Å². The molecule has 4 nitrogen and oxygen atoms in total. The Morgan fingerprint density at radius 2 is 1.28 bits per heavy atom. The standard InChI is InChI=1S/C43H31N3O/c1-3-11-28(12-4-1)30-15-9-16-34(26-30)42-44-41(29-13-5-2-6-14-29)45-43(46-42)35-24-22-31-25-33(23-21-32(31)27-35)36-18-10-20-39-40(36)37-17-7-8-19-38(37)47-39/h1-11,13-14,16-28,30H,12,15H2. The van der Waals surface area contributed by atoms with Gasteiger partial charge in [0.15, 0.2) is 17.5 Å². The minimum atomic E-state index is 0.414. The predicted molar refractivity (Wildman–Crippen MR) is 193 cm³/mol. The van der Waals surface area contributed by atoms with Crippen molar-refractivity contribution in [1.29, 1.82) is 0 Å². The van der Waals surface area contributed by atoms with Crippen molar-refractivity contribution in [3.05, 3.63) is 158 Å². The molecule has 2 atom stereocenters. The lowest BCUT2D eigenvalue weighted by molar-refractivity contribution is 0.479. The lowest BCUT2D eigenvalue weighted by Crippen LogP contribution is -2.13. The van der Waals surface area contributed by atoms with Crippen LogP contribution in [-0.4, -0.2) is 15.0 Å². The predicted octanol–water partition coefficient (Wildman–Crippen LogP) is 11.0. The van der Waals surface area contributed by atoms with Crippen LogP contribution < -0.4 is 0 Å². The van der Waals surface area contributed by atoms with Gasteiger partial charge in [-0.3, -0.25) is 0 Å². The highest BCUT2D eigenvalue weighted by molar-refractivity contribution is 6.12. The Hall–Kier alpha value is -5.87. The number of fused-ring (bicyclic) bond motifs is 4. The number of hydrogen-bond acceptors (Lipinski definition) is 4. The number of aromatic nitrogens is 3. The lowest BCUT2D eigenvalue weighted by atomic mass is 9.81. The molecule has 0 spiro atoms. The topological polar surface area (TPSA) is 51.8 Å². The second kappa shape index (κ2) is 11.5. The van der Waals surface area contributed by atoms with E-state index in [1.54, 1.807) is 0 Å². The highest BCUT2D eigenvalue weighted by Gasteiger charge is 2.22. The molecule has 0 saturated carbocycles. The van der Waals surface area contributed by atoms with Crippen molar-refractivity contribution in [2.24, 2.45) is 11.8 Å². The third kappa shape index (κ3) is 5.08. The zero-order valence-corrected chi connectivity index (χ0v) is 25.8. The van der Waals surface area contributed by atoms with Crippen molar-refractivity contribution in [3.63, 3.8) is 0 Å². The van der Waals surface area contributed by atoms with Gasteiger partial charge in [-0.25, -0.2) is 15.0 Å². The van der Waals surface area contributed by atoms with Gasteiger partial charge in [-0.15, -0.1) is 0 Å². The average Bonchev–Trinajstić information content (AvgIpc) is 3.54. The fraction of sp³-hybridized carbons (Fsp3) is 0.0930. The van der Waals surface area contributed by atoms with E-state index in [1.165, 1.54) is 5.56 Å². The fourth-order valence-corrected chi connectivity index (χ4v) is 6.99. The molecule has 2 heterocycles. The number of rotatable bonds is 5. The van der Waals surface area contributed by atoms with Crippen LogP contribution in [0.3, 0.4) is 0 Å². The van der Waals surface area contributed by atoms with Crippen LogP contribution in [0.25, 0.3) is 72.2 Å². The smallest absolute Gasteiger partial charge is 0.164 e. The molecule has 2 unspecified atom stereocenters. The molecule has 5 aromatic carbocycles. The zero-order valence-electron chi connectivity index (χ0n) is 25.8. The lowest BCUT2D eigenvalue weighted by Gasteiger charge is -2.24. The summed E-state index contributed by atoms with van der Waals surface area (Å²) in [5, 5.41) is 4.57. The number of nitrogens with zero attached hydrogens (tertiary/aromatic N) is 3. The van der Waals surface area contributed by atoms with Crippen LogP contribution in [0.4, 0.5) is 0 Å². The van der Waals surface area contributed by atoms with E-state index in [0.29, 0.717) is 29.3 Å². The quantitative estimate of drug-likeness (QED) is 0.196. The molecule has 2 aliphatic carbocycles. The van der Waals surface area contributed by atoms with Crippen LogP contribution in [0.1, 0.15) is 18.7 Å². The summed E-state index contributed by atoms with van der Waals surface area (Å²) < 4.78 is 6.17. The van der Waals surface area contributed by atoms with E-state index in [2.05, 4.69) is 115 Å². The minimum Gasteiger partial charge on any atom is -0.456 e. The number of hydrogen-bond donors (Lipinski definition) is 0. The summed E-state index contributed by atoms with van der Waals surface area (Å²) in [6.45, 7) is 0. The highest BCUT2D eigenvalue weighted by atomic mass is 16.3. The number of allylic oxidation sites excluding steroid dienone is 8. The van der Waals surface area contributed by atoms with Gasteiger partial charge in [0.25, 0.3) is 0 Å². The summed E-state index contributed by atoms with van der Waals surface area (Å²) in [6.07, 6.45) is 17.7. The normalized spacial score (nSPS) is 17.5. The van der Waals surface area contributed by atoms with Gasteiger partial charge in [0.1, 0.15) is 11.2 Å². The van der Waals surface area contributed by atoms with E-state index in [0.717, 1.165) is 67.8 Å². The van der Waals surface area contributed by atoms with Gasteiger partial charge in [-0.1, -0.05) is 127 Å². The first kappa shape index (κ1) is 27.4. The van der Waals surface area contributed by atoms with E-state index in [-0.39, 0.29) is 0 Å². The molecule has 9 rings (SSSR count). The first-order valence-electron chi connectivity index (χ1n) is 16.3. The van der Waals surface area contributed by atoms with Crippen LogP contribution in [-0.2, 0) is 0 Å². The zero-order chi connectivity index (χ0) is 31.2. The Kier molecular flexibility index (Phi) is 6.71. The Labute approximate surface area is 273 Å². The highest BCUT2D eigenvalue weighted by Crippen LogP contribution is 2.38. The summed E-state index contributed by atoms with van der Waals surface area (Å²) in [5.41, 5.74) is 7.12. The molecule has 0 amide bonds. The molecule has 0 radical (unpaired) electrons. The second-order valence-electron chi connectivity index (χ2n) is 12.4. The molecule has 2 aliphatic rings. The molecule has 224 valence electrons. The minimum absolute atomic E-state index is 0.414. The van der Waals surface area contributed by atoms with Crippen molar-refractivity contribution in [2.45, 2.75) is 12.8 Å². The molecule has 0 N–H and O–H groups in total. The average molecular weight is 606 g/mol. The maximum absolute atomic E-state index is 6.17. The van der Waals surface area contributed by atoms with Crippen LogP contribution in [0.2, 0.25) is 0 Å². The van der Waals surface area contributed by atoms with Crippen molar-refractivity contribution < 1.29 is 4.42 Å². The summed E-state index contributed by atoms with van der Waals surface area (Å²) in [7, 11) is 0. The molecule has 4 heteroatoms. The van der Waals surface area contributed by atoms with Crippen LogP contribution in [0.15, 0.2) is 156 Å². The second-order valence-corrected chi connectivity index (χ2v) is 12.4. The summed E-state index contributed by atoms with van der Waals surface area (Å²) in [4.78, 5) is 15.1. The van der Waals surface area contributed by atoms with Gasteiger partial charge in [-0.05, 0) is 70.8 Å². The molecule has 0 saturated heterocycles. The van der Waals surface area contributed by atoms with Gasteiger partial charge >= 0.3 is 0 Å². The number of benzene rings is 5. The van der Waals surface area contributed by atoms with Crippen molar-refractivity contribution >= 4 is 38.3 Å². The summed E-state index contributed by atoms with van der Waals surface area (Å²) in [5.74, 6) is 2.96. The van der Waals surface area contributed by atoms with E-state index in [1.807, 2.05) is 36.4 Å². The largest absolute Gasteiger partial charge is 0.456 e. The molecule has 0 aliphatic heterocycles. The molecule has 47 heavy (non-hydrogen) atoms. The van der Waals surface area contributed by atoms with Gasteiger partial charge < -0.3 is 4.42 Å². The van der Waals surface area contributed by atoms with Gasteiger partial charge in [0, 0.05) is 27.5 Å². The Balaban J connectivity index is 1.12. The maximum atomic E-state index is 6.17.